The van der Waals surface area contributed by atoms with Crippen molar-refractivity contribution in [2.24, 2.45) is 17.8 Å². The lowest BCUT2D eigenvalue weighted by molar-refractivity contribution is -0.358. The van der Waals surface area contributed by atoms with Crippen molar-refractivity contribution in [3.05, 3.63) is 0 Å². The normalized spacial score (nSPS) is 51.3. The van der Waals surface area contributed by atoms with Crippen LogP contribution in [-0.4, -0.2) is 52.1 Å². The molecule has 1 heterocycles. The van der Waals surface area contributed by atoms with Gasteiger partial charge in [-0.1, -0.05) is 13.8 Å². The largest absolute Gasteiger partial charge is 0.394 e. The topological polar surface area (TPSA) is 79.2 Å². The molecule has 2 aliphatic rings. The van der Waals surface area contributed by atoms with Crippen LogP contribution in [-0.2, 0) is 9.47 Å². The third-order valence-electron chi connectivity index (χ3n) is 5.10. The lowest BCUT2D eigenvalue weighted by atomic mass is 9.50. The van der Waals surface area contributed by atoms with Crippen molar-refractivity contribution in [1.29, 1.82) is 0 Å². The second kappa shape index (κ2) is 5.30. The van der Waals surface area contributed by atoms with Gasteiger partial charge in [0.1, 0.15) is 6.10 Å². The molecular formula is C14H26O5. The number of ether oxygens (including phenoxy) is 2. The molecular weight excluding hydrogens is 248 g/mol. The maximum absolute atomic E-state index is 10.4. The highest BCUT2D eigenvalue weighted by Crippen LogP contribution is 2.56. The van der Waals surface area contributed by atoms with Gasteiger partial charge in [0.2, 0.25) is 0 Å². The summed E-state index contributed by atoms with van der Waals surface area (Å²) in [5.74, 6) is -0.330. The fourth-order valence-electron chi connectivity index (χ4n) is 3.52. The van der Waals surface area contributed by atoms with E-state index >= 15 is 0 Å². The Morgan fingerprint density at radius 2 is 2.05 bits per heavy atom. The molecule has 1 aliphatic carbocycles. The Kier molecular flexibility index (Phi) is 4.23. The van der Waals surface area contributed by atoms with E-state index in [-0.39, 0.29) is 36.6 Å². The highest BCUT2D eigenvalue weighted by atomic mass is 16.7. The van der Waals surface area contributed by atoms with Crippen LogP contribution in [0.3, 0.4) is 0 Å². The van der Waals surface area contributed by atoms with Gasteiger partial charge < -0.3 is 24.8 Å². The number of hydrogen-bond acceptors (Lipinski definition) is 5. The first-order valence-corrected chi connectivity index (χ1v) is 7.16. The van der Waals surface area contributed by atoms with E-state index in [1.165, 1.54) is 0 Å². The maximum Gasteiger partial charge on any atom is 0.184 e. The second-order valence-electron chi connectivity index (χ2n) is 6.19. The molecule has 1 saturated carbocycles. The third-order valence-corrected chi connectivity index (χ3v) is 5.10. The summed E-state index contributed by atoms with van der Waals surface area (Å²) in [4.78, 5) is 0. The lowest BCUT2D eigenvalue weighted by Gasteiger charge is -2.63. The van der Waals surface area contributed by atoms with Crippen molar-refractivity contribution in [2.75, 3.05) is 6.61 Å². The van der Waals surface area contributed by atoms with Crippen LogP contribution < -0.4 is 0 Å². The number of hydrogen-bond donors (Lipinski definition) is 3. The van der Waals surface area contributed by atoms with Gasteiger partial charge in [-0.15, -0.1) is 0 Å². The predicted octanol–water partition coefficient (Wildman–Crippen LogP) is 0.513. The number of aliphatic hydroxyl groups excluding tert-OH is 2. The van der Waals surface area contributed by atoms with Crippen LogP contribution in [0.5, 0.6) is 0 Å². The van der Waals surface area contributed by atoms with E-state index in [1.54, 1.807) is 6.92 Å². The fraction of sp³-hybridized carbons (Fsp3) is 1.00. The summed E-state index contributed by atoms with van der Waals surface area (Å²) < 4.78 is 11.4. The van der Waals surface area contributed by atoms with Gasteiger partial charge in [0, 0.05) is 11.8 Å². The molecule has 0 aromatic heterocycles. The van der Waals surface area contributed by atoms with Gasteiger partial charge in [0.25, 0.3) is 0 Å². The first-order chi connectivity index (χ1) is 8.84. The summed E-state index contributed by atoms with van der Waals surface area (Å²) in [5, 5.41) is 30.2. The molecule has 112 valence electrons. The van der Waals surface area contributed by atoms with Crippen LogP contribution in [0.1, 0.15) is 34.1 Å². The second-order valence-corrected chi connectivity index (χ2v) is 6.19. The van der Waals surface area contributed by atoms with Gasteiger partial charge in [-0.25, -0.2) is 0 Å². The molecule has 1 saturated heterocycles. The Morgan fingerprint density at radius 3 is 2.58 bits per heavy atom. The van der Waals surface area contributed by atoms with Gasteiger partial charge in [0.15, 0.2) is 6.29 Å². The molecule has 0 radical (unpaired) electrons. The summed E-state index contributed by atoms with van der Waals surface area (Å²) in [6, 6.07) is 0. The Hall–Kier alpha value is -0.200. The molecule has 5 nitrogen and oxygen atoms in total. The monoisotopic (exact) mass is 274 g/mol. The Bertz CT molecular complexity index is 319. The highest BCUT2D eigenvalue weighted by molar-refractivity contribution is 5.12. The molecule has 0 spiro atoms. The molecule has 5 heteroatoms. The standard InChI is InChI=1S/C14H26O5/c1-5-7(2)18-13-12(16)11-10(9(6-15)19-13)8(3)14(11,4)17/h7-13,15-17H,5-6H2,1-4H3. The number of aliphatic hydroxyl groups is 3. The quantitative estimate of drug-likeness (QED) is 0.696. The third kappa shape index (κ3) is 2.32. The summed E-state index contributed by atoms with van der Waals surface area (Å²) >= 11 is 0. The average Bonchev–Trinajstić information content (AvgIpc) is 2.39. The average molecular weight is 274 g/mol. The Labute approximate surface area is 114 Å². The van der Waals surface area contributed by atoms with Crippen molar-refractivity contribution < 1.29 is 24.8 Å². The van der Waals surface area contributed by atoms with Crippen molar-refractivity contribution in [1.82, 2.24) is 0 Å². The van der Waals surface area contributed by atoms with Crippen LogP contribution in [0.25, 0.3) is 0 Å². The first kappa shape index (κ1) is 15.2. The molecule has 8 unspecified atom stereocenters. The van der Waals surface area contributed by atoms with Crippen molar-refractivity contribution in [3.8, 4) is 0 Å². The predicted molar refractivity (Wildman–Crippen MR) is 69.4 cm³/mol. The molecule has 8 atom stereocenters. The molecule has 0 aromatic carbocycles. The lowest BCUT2D eigenvalue weighted by Crippen LogP contribution is -2.72. The molecule has 0 amide bonds. The number of rotatable bonds is 4. The molecule has 0 aromatic rings. The summed E-state index contributed by atoms with van der Waals surface area (Å²) in [7, 11) is 0. The van der Waals surface area contributed by atoms with E-state index in [2.05, 4.69) is 0 Å². The Morgan fingerprint density at radius 1 is 1.42 bits per heavy atom. The maximum atomic E-state index is 10.4. The van der Waals surface area contributed by atoms with Crippen LogP contribution >= 0.6 is 0 Å². The molecule has 2 rings (SSSR count). The van der Waals surface area contributed by atoms with Gasteiger partial charge in [0.05, 0.1) is 24.4 Å². The molecule has 1 aliphatic heterocycles. The van der Waals surface area contributed by atoms with Crippen LogP contribution in [0.2, 0.25) is 0 Å². The number of fused-ring (bicyclic) bond motifs is 1. The highest BCUT2D eigenvalue weighted by Gasteiger charge is 2.65. The zero-order valence-corrected chi connectivity index (χ0v) is 12.1. The zero-order valence-electron chi connectivity index (χ0n) is 12.1. The summed E-state index contributed by atoms with van der Waals surface area (Å²) in [6.07, 6.45) is -1.21. The SMILES string of the molecule is CCC(C)OC1OC(CO)C2C(C)C(C)(O)C2C1O. The van der Waals surface area contributed by atoms with Gasteiger partial charge in [-0.05, 0) is 26.2 Å². The Balaban J connectivity index is 2.14. The first-order valence-electron chi connectivity index (χ1n) is 7.16. The molecule has 19 heavy (non-hydrogen) atoms. The van der Waals surface area contributed by atoms with Crippen LogP contribution in [0.4, 0.5) is 0 Å². The minimum atomic E-state index is -0.932. The van der Waals surface area contributed by atoms with Gasteiger partial charge in [-0.3, -0.25) is 0 Å². The summed E-state index contributed by atoms with van der Waals surface area (Å²) in [5.41, 5.74) is -0.932. The van der Waals surface area contributed by atoms with E-state index in [1.807, 2.05) is 20.8 Å². The van der Waals surface area contributed by atoms with E-state index < -0.39 is 18.0 Å². The van der Waals surface area contributed by atoms with E-state index in [4.69, 9.17) is 9.47 Å². The van der Waals surface area contributed by atoms with Crippen molar-refractivity contribution in [3.63, 3.8) is 0 Å². The van der Waals surface area contributed by atoms with E-state index in [0.717, 1.165) is 6.42 Å². The fourth-order valence-corrected chi connectivity index (χ4v) is 3.52. The minimum absolute atomic E-state index is 0.00570. The molecule has 3 N–H and O–H groups in total. The van der Waals surface area contributed by atoms with Crippen molar-refractivity contribution in [2.45, 2.75) is 64.3 Å². The van der Waals surface area contributed by atoms with Gasteiger partial charge in [-0.2, -0.15) is 0 Å². The van der Waals surface area contributed by atoms with E-state index in [9.17, 15) is 15.3 Å². The van der Waals surface area contributed by atoms with E-state index in [0.29, 0.717) is 0 Å². The van der Waals surface area contributed by atoms with Crippen LogP contribution in [0, 0.1) is 17.8 Å². The minimum Gasteiger partial charge on any atom is -0.394 e. The van der Waals surface area contributed by atoms with Crippen LogP contribution in [0.15, 0.2) is 0 Å². The molecule has 2 fully saturated rings. The molecule has 0 bridgehead atoms. The zero-order chi connectivity index (χ0) is 14.4. The van der Waals surface area contributed by atoms with Crippen molar-refractivity contribution >= 4 is 0 Å². The van der Waals surface area contributed by atoms with Gasteiger partial charge >= 0.3 is 0 Å². The summed E-state index contributed by atoms with van der Waals surface area (Å²) in [6.45, 7) is 7.46. The smallest absolute Gasteiger partial charge is 0.184 e.